The molecule has 27 heavy (non-hydrogen) atoms. The van der Waals surface area contributed by atoms with Gasteiger partial charge < -0.3 is 0 Å². The first kappa shape index (κ1) is 18.0. The van der Waals surface area contributed by atoms with Gasteiger partial charge in [0, 0.05) is 42.2 Å². The molecular weight excluding hydrogens is 380 g/mol. The van der Waals surface area contributed by atoms with E-state index in [4.69, 9.17) is 0 Å². The van der Waals surface area contributed by atoms with Crippen molar-refractivity contribution >= 4 is 11.3 Å². The van der Waals surface area contributed by atoms with Crippen molar-refractivity contribution in [2.24, 2.45) is 0 Å². The maximum atomic E-state index is 13.0. The molecule has 0 saturated heterocycles. The average Bonchev–Trinajstić information content (AvgIpc) is 3.09. The second-order valence-electron chi connectivity index (χ2n) is 6.26. The maximum Gasteiger partial charge on any atom is 0.451 e. The summed E-state index contributed by atoms with van der Waals surface area (Å²) < 4.78 is 51.2. The minimum absolute atomic E-state index is 0.294. The van der Waals surface area contributed by atoms with Crippen molar-refractivity contribution < 1.29 is 17.6 Å². The van der Waals surface area contributed by atoms with Crippen molar-refractivity contribution in [1.29, 1.82) is 0 Å². The molecule has 0 N–H and O–H groups in total. The van der Waals surface area contributed by atoms with Gasteiger partial charge in [-0.25, -0.2) is 19.3 Å². The van der Waals surface area contributed by atoms with Crippen LogP contribution in [0.2, 0.25) is 0 Å². The molecule has 1 aromatic carbocycles. The van der Waals surface area contributed by atoms with Gasteiger partial charge in [0.1, 0.15) is 10.8 Å². The summed E-state index contributed by atoms with van der Waals surface area (Å²) in [6.07, 6.45) is -2.82. The molecule has 0 unspecified atom stereocenters. The largest absolute Gasteiger partial charge is 0.451 e. The van der Waals surface area contributed by atoms with Gasteiger partial charge >= 0.3 is 6.18 Å². The Labute approximate surface area is 156 Å². The molecule has 1 aliphatic heterocycles. The van der Waals surface area contributed by atoms with E-state index >= 15 is 0 Å². The minimum atomic E-state index is -4.52. The van der Waals surface area contributed by atoms with Gasteiger partial charge in [0.05, 0.1) is 17.9 Å². The second-order valence-corrected chi connectivity index (χ2v) is 7.20. The van der Waals surface area contributed by atoms with Crippen molar-refractivity contribution in [2.45, 2.75) is 25.7 Å². The molecule has 3 aromatic rings. The molecule has 0 fully saturated rings. The Hall–Kier alpha value is -2.39. The third-order valence-electron chi connectivity index (χ3n) is 4.32. The average molecular weight is 394 g/mol. The highest BCUT2D eigenvalue weighted by molar-refractivity contribution is 7.09. The number of hydrogen-bond donors (Lipinski definition) is 0. The van der Waals surface area contributed by atoms with Crippen molar-refractivity contribution in [3.8, 4) is 11.3 Å². The molecule has 4 nitrogen and oxygen atoms in total. The van der Waals surface area contributed by atoms with Gasteiger partial charge in [-0.2, -0.15) is 13.2 Å². The van der Waals surface area contributed by atoms with E-state index in [9.17, 15) is 17.6 Å². The summed E-state index contributed by atoms with van der Waals surface area (Å²) in [7, 11) is 0. The normalized spacial score (nSPS) is 15.0. The first-order chi connectivity index (χ1) is 12.9. The van der Waals surface area contributed by atoms with E-state index in [0.717, 1.165) is 16.3 Å². The molecule has 2 aromatic heterocycles. The fourth-order valence-corrected chi connectivity index (χ4v) is 3.82. The van der Waals surface area contributed by atoms with Crippen LogP contribution in [0.15, 0.2) is 35.8 Å². The van der Waals surface area contributed by atoms with E-state index in [1.165, 1.54) is 29.7 Å². The Balaban J connectivity index is 1.45. The van der Waals surface area contributed by atoms with E-state index in [2.05, 4.69) is 19.9 Å². The van der Waals surface area contributed by atoms with E-state index in [-0.39, 0.29) is 5.82 Å². The number of aromatic nitrogens is 3. The molecule has 0 saturated carbocycles. The number of hydrogen-bond acceptors (Lipinski definition) is 5. The van der Waals surface area contributed by atoms with Crippen LogP contribution in [-0.4, -0.2) is 26.4 Å². The van der Waals surface area contributed by atoms with Crippen LogP contribution < -0.4 is 0 Å². The molecule has 140 valence electrons. The highest BCUT2D eigenvalue weighted by Crippen LogP contribution is 2.28. The van der Waals surface area contributed by atoms with Gasteiger partial charge in [-0.3, -0.25) is 4.90 Å². The van der Waals surface area contributed by atoms with Crippen molar-refractivity contribution in [3.05, 3.63) is 63.7 Å². The van der Waals surface area contributed by atoms with Crippen LogP contribution in [0.5, 0.6) is 0 Å². The summed E-state index contributed by atoms with van der Waals surface area (Å²) in [5, 5.41) is 2.81. The van der Waals surface area contributed by atoms with Crippen LogP contribution in [0.25, 0.3) is 11.3 Å². The van der Waals surface area contributed by atoms with Crippen LogP contribution >= 0.6 is 11.3 Å². The lowest BCUT2D eigenvalue weighted by atomic mass is 10.1. The summed E-state index contributed by atoms with van der Waals surface area (Å²) in [6.45, 7) is 1.68. The minimum Gasteiger partial charge on any atom is -0.292 e. The molecule has 3 heterocycles. The van der Waals surface area contributed by atoms with E-state index < -0.39 is 12.0 Å². The first-order valence-electron chi connectivity index (χ1n) is 8.23. The van der Waals surface area contributed by atoms with Crippen LogP contribution in [0.4, 0.5) is 17.6 Å². The number of alkyl halides is 3. The zero-order valence-electron chi connectivity index (χ0n) is 14.0. The highest BCUT2D eigenvalue weighted by Gasteiger charge is 2.35. The monoisotopic (exact) mass is 394 g/mol. The fraction of sp³-hybridized carbons (Fsp3) is 0.278. The molecule has 0 amide bonds. The summed E-state index contributed by atoms with van der Waals surface area (Å²) >= 11 is 1.50. The third kappa shape index (κ3) is 3.98. The lowest BCUT2D eigenvalue weighted by molar-refractivity contribution is -0.145. The molecule has 4 rings (SSSR count). The molecule has 0 aliphatic carbocycles. The quantitative estimate of drug-likeness (QED) is 0.621. The topological polar surface area (TPSA) is 41.9 Å². The number of benzene rings is 1. The van der Waals surface area contributed by atoms with Gasteiger partial charge in [0.2, 0.25) is 5.82 Å². The predicted molar refractivity (Wildman–Crippen MR) is 92.4 cm³/mol. The third-order valence-corrected chi connectivity index (χ3v) is 5.15. The first-order valence-corrected chi connectivity index (χ1v) is 9.11. The molecule has 0 atom stereocenters. The Morgan fingerprint density at radius 2 is 1.89 bits per heavy atom. The molecule has 0 bridgehead atoms. The molecule has 9 heteroatoms. The number of thiazole rings is 1. The Kier molecular flexibility index (Phi) is 4.65. The Morgan fingerprint density at radius 1 is 1.11 bits per heavy atom. The lowest BCUT2D eigenvalue weighted by Crippen LogP contribution is -2.31. The van der Waals surface area contributed by atoms with Crippen LogP contribution in [0.1, 0.15) is 22.1 Å². The summed E-state index contributed by atoms with van der Waals surface area (Å²) in [6, 6.07) is 6.15. The zero-order valence-corrected chi connectivity index (χ0v) is 14.8. The van der Waals surface area contributed by atoms with E-state index in [1.807, 2.05) is 5.38 Å². The van der Waals surface area contributed by atoms with E-state index in [0.29, 0.717) is 37.3 Å². The predicted octanol–water partition coefficient (Wildman–Crippen LogP) is 4.32. The van der Waals surface area contributed by atoms with Crippen LogP contribution in [-0.2, 0) is 25.7 Å². The van der Waals surface area contributed by atoms with Crippen LogP contribution in [0, 0.1) is 5.82 Å². The number of rotatable bonds is 3. The summed E-state index contributed by atoms with van der Waals surface area (Å²) in [5.74, 6) is -1.38. The van der Waals surface area contributed by atoms with Crippen molar-refractivity contribution in [3.63, 3.8) is 0 Å². The Bertz CT molecular complexity index is 953. The van der Waals surface area contributed by atoms with Gasteiger partial charge in [-0.15, -0.1) is 11.3 Å². The van der Waals surface area contributed by atoms with Gasteiger partial charge in [0.15, 0.2) is 0 Å². The highest BCUT2D eigenvalue weighted by atomic mass is 32.1. The van der Waals surface area contributed by atoms with Gasteiger partial charge in [-0.1, -0.05) is 0 Å². The molecule has 1 aliphatic rings. The van der Waals surface area contributed by atoms with Gasteiger partial charge in [0.25, 0.3) is 0 Å². The standard InChI is InChI=1S/C18H14F4N4S/c19-13-3-1-11(2-4-13)15-10-27-16(24-15)9-26-6-5-14-12(8-26)7-23-17(25-14)18(20,21)22/h1-4,7,10H,5-6,8-9H2. The van der Waals surface area contributed by atoms with Crippen LogP contribution in [0.3, 0.4) is 0 Å². The number of halogens is 4. The second kappa shape index (κ2) is 6.97. The smallest absolute Gasteiger partial charge is 0.292 e. The molecular formula is C18H14F4N4S. The number of fused-ring (bicyclic) bond motifs is 1. The van der Waals surface area contributed by atoms with E-state index in [1.54, 1.807) is 12.1 Å². The summed E-state index contributed by atoms with van der Waals surface area (Å²) in [5.41, 5.74) is 2.80. The lowest BCUT2D eigenvalue weighted by Gasteiger charge is -2.27. The van der Waals surface area contributed by atoms with Crippen molar-refractivity contribution in [1.82, 2.24) is 19.9 Å². The number of nitrogens with zero attached hydrogens (tertiary/aromatic N) is 4. The van der Waals surface area contributed by atoms with Gasteiger partial charge in [-0.05, 0) is 24.3 Å². The Morgan fingerprint density at radius 3 is 2.63 bits per heavy atom. The maximum absolute atomic E-state index is 13.0. The molecule has 0 spiro atoms. The van der Waals surface area contributed by atoms with Crippen molar-refractivity contribution in [2.75, 3.05) is 6.54 Å². The summed E-state index contributed by atoms with van der Waals surface area (Å²) in [4.78, 5) is 13.8. The SMILES string of the molecule is Fc1ccc(-c2csc(CN3CCc4nc(C(F)(F)F)ncc4C3)n2)cc1. The molecule has 0 radical (unpaired) electrons. The fourth-order valence-electron chi connectivity index (χ4n) is 2.97. The zero-order chi connectivity index (χ0) is 19.0.